The number of azo groups is 3. The molecule has 0 amide bonds. The Hall–Kier alpha value is -6.38. The average Bonchev–Trinajstić information content (AvgIpc) is 3.14. The maximum atomic E-state index is 13.1. The average molecular weight is 703 g/mol. The van der Waals surface area contributed by atoms with Crippen molar-refractivity contribution in [2.75, 3.05) is 0 Å². The van der Waals surface area contributed by atoms with Crippen LogP contribution in [0.2, 0.25) is 0 Å². The Labute approximate surface area is 288 Å². The van der Waals surface area contributed by atoms with Gasteiger partial charge in [0.1, 0.15) is 21.2 Å². The highest BCUT2D eigenvalue weighted by molar-refractivity contribution is 7.87. The van der Waals surface area contributed by atoms with Crippen molar-refractivity contribution in [2.45, 2.75) is 9.79 Å². The van der Waals surface area contributed by atoms with E-state index in [-0.39, 0.29) is 32.7 Å². The molecule has 14 heteroatoms. The van der Waals surface area contributed by atoms with E-state index in [1.807, 2.05) is 36.4 Å². The topological polar surface area (TPSA) is 161 Å². The number of benzene rings is 6. The molecule has 248 valence electrons. The Morgan fingerprint density at radius 1 is 0.320 bits per heavy atom. The van der Waals surface area contributed by atoms with Gasteiger partial charge in [-0.25, -0.2) is 0 Å². The molecule has 0 N–H and O–H groups in total. The zero-order valence-electron chi connectivity index (χ0n) is 26.0. The third kappa shape index (κ3) is 8.74. The van der Waals surface area contributed by atoms with Crippen LogP contribution in [-0.2, 0) is 20.2 Å². The van der Waals surface area contributed by atoms with Crippen molar-refractivity contribution in [3.63, 3.8) is 0 Å². The van der Waals surface area contributed by atoms with E-state index in [1.54, 1.807) is 48.5 Å². The molecule has 0 spiro atoms. The van der Waals surface area contributed by atoms with Crippen LogP contribution in [0.3, 0.4) is 0 Å². The molecule has 0 bridgehead atoms. The number of para-hydroxylation sites is 2. The highest BCUT2D eigenvalue weighted by atomic mass is 32.2. The second-order valence-corrected chi connectivity index (χ2v) is 13.4. The molecule has 50 heavy (non-hydrogen) atoms. The minimum absolute atomic E-state index is 0.0715. The molecule has 0 aromatic heterocycles. The first-order valence-electron chi connectivity index (χ1n) is 14.9. The fraction of sp³-hybridized carbons (Fsp3) is 0. The van der Waals surface area contributed by atoms with Crippen LogP contribution in [0, 0.1) is 0 Å². The van der Waals surface area contributed by atoms with Gasteiger partial charge in [-0.3, -0.25) is 0 Å². The first-order valence-corrected chi connectivity index (χ1v) is 17.7. The lowest BCUT2D eigenvalue weighted by Gasteiger charge is -2.10. The van der Waals surface area contributed by atoms with Crippen molar-refractivity contribution in [1.29, 1.82) is 0 Å². The molecule has 0 aliphatic rings. The lowest BCUT2D eigenvalue weighted by Crippen LogP contribution is -2.09. The van der Waals surface area contributed by atoms with Crippen LogP contribution in [0.1, 0.15) is 0 Å². The zero-order chi connectivity index (χ0) is 34.8. The molecular formula is C36H26N6O6S2. The first-order chi connectivity index (χ1) is 24.2. The smallest absolute Gasteiger partial charge is 0.339 e. The second kappa shape index (κ2) is 15.2. The predicted molar refractivity (Wildman–Crippen MR) is 187 cm³/mol. The summed E-state index contributed by atoms with van der Waals surface area (Å²) in [6.45, 7) is 0. The molecule has 0 radical (unpaired) electrons. The third-order valence-electron chi connectivity index (χ3n) is 6.72. The van der Waals surface area contributed by atoms with E-state index in [0.29, 0.717) is 22.7 Å². The molecule has 12 nitrogen and oxygen atoms in total. The second-order valence-electron chi connectivity index (χ2n) is 10.3. The summed E-state index contributed by atoms with van der Waals surface area (Å²) < 4.78 is 63.4. The van der Waals surface area contributed by atoms with Crippen LogP contribution in [-0.4, -0.2) is 16.8 Å². The summed E-state index contributed by atoms with van der Waals surface area (Å²) in [6, 6.07) is 41.9. The molecule has 0 aliphatic carbocycles. The Balaban J connectivity index is 1.15. The van der Waals surface area contributed by atoms with Crippen LogP contribution in [0.15, 0.2) is 198 Å². The maximum absolute atomic E-state index is 13.1. The van der Waals surface area contributed by atoms with Gasteiger partial charge in [0, 0.05) is 0 Å². The first kappa shape index (κ1) is 33.5. The SMILES string of the molecule is O=S(=O)(Oc1ccccc1/N=N/c1ccccc1OS(=O)(=O)c1ccc(/N=N/c2ccccc2)cc1)c1ccc(/N=N/c2ccccc2)cc1. The van der Waals surface area contributed by atoms with Crippen molar-refractivity contribution >= 4 is 54.4 Å². The van der Waals surface area contributed by atoms with Gasteiger partial charge in [-0.05, 0) is 97.1 Å². The minimum atomic E-state index is -4.28. The zero-order valence-corrected chi connectivity index (χ0v) is 27.6. The van der Waals surface area contributed by atoms with Gasteiger partial charge in [0.25, 0.3) is 0 Å². The Bertz CT molecular complexity index is 2220. The van der Waals surface area contributed by atoms with Gasteiger partial charge in [0.2, 0.25) is 0 Å². The minimum Gasteiger partial charge on any atom is -0.377 e. The third-order valence-corrected chi connectivity index (χ3v) is 9.22. The van der Waals surface area contributed by atoms with Crippen molar-refractivity contribution in [2.24, 2.45) is 30.7 Å². The van der Waals surface area contributed by atoms with Gasteiger partial charge in [0.15, 0.2) is 11.5 Å². The number of nitrogens with zero attached hydrogens (tertiary/aromatic N) is 6. The molecule has 6 aromatic carbocycles. The summed E-state index contributed by atoms with van der Waals surface area (Å²) in [6.07, 6.45) is 0. The molecule has 0 saturated heterocycles. The van der Waals surface area contributed by atoms with E-state index in [4.69, 9.17) is 8.37 Å². The summed E-state index contributed by atoms with van der Waals surface area (Å²) in [5.41, 5.74) is 2.36. The molecule has 0 atom stereocenters. The number of rotatable bonds is 12. The van der Waals surface area contributed by atoms with Gasteiger partial charge >= 0.3 is 20.2 Å². The molecule has 0 saturated carbocycles. The Morgan fingerprint density at radius 3 is 0.980 bits per heavy atom. The lowest BCUT2D eigenvalue weighted by atomic mass is 10.3. The predicted octanol–water partition coefficient (Wildman–Crippen LogP) is 10.5. The molecule has 6 aromatic rings. The van der Waals surface area contributed by atoms with E-state index in [0.717, 1.165) is 0 Å². The van der Waals surface area contributed by atoms with E-state index in [2.05, 4.69) is 30.7 Å². The summed E-state index contributed by atoms with van der Waals surface area (Å²) in [5.74, 6) is -0.195. The lowest BCUT2D eigenvalue weighted by molar-refractivity contribution is 0.484. The van der Waals surface area contributed by atoms with E-state index >= 15 is 0 Å². The van der Waals surface area contributed by atoms with E-state index in [9.17, 15) is 16.8 Å². The van der Waals surface area contributed by atoms with Crippen LogP contribution in [0.4, 0.5) is 34.1 Å². The summed E-state index contributed by atoms with van der Waals surface area (Å²) in [7, 11) is -8.55. The largest absolute Gasteiger partial charge is 0.377 e. The maximum Gasteiger partial charge on any atom is 0.339 e. The molecule has 0 unspecified atom stereocenters. The number of hydrogen-bond acceptors (Lipinski definition) is 12. The van der Waals surface area contributed by atoms with Gasteiger partial charge in [-0.15, -0.1) is 10.2 Å². The molecule has 6 rings (SSSR count). The van der Waals surface area contributed by atoms with Crippen molar-refractivity contribution in [3.8, 4) is 11.5 Å². The van der Waals surface area contributed by atoms with Crippen LogP contribution in [0.5, 0.6) is 11.5 Å². The Morgan fingerprint density at radius 2 is 0.620 bits per heavy atom. The number of hydrogen-bond donors (Lipinski definition) is 0. The van der Waals surface area contributed by atoms with Crippen molar-refractivity contribution in [1.82, 2.24) is 0 Å². The van der Waals surface area contributed by atoms with Crippen LogP contribution >= 0.6 is 0 Å². The van der Waals surface area contributed by atoms with Crippen molar-refractivity contribution in [3.05, 3.63) is 158 Å². The van der Waals surface area contributed by atoms with E-state index in [1.165, 1.54) is 72.8 Å². The fourth-order valence-electron chi connectivity index (χ4n) is 4.24. The highest BCUT2D eigenvalue weighted by Gasteiger charge is 2.20. The fourth-order valence-corrected chi connectivity index (χ4v) is 6.13. The van der Waals surface area contributed by atoms with Gasteiger partial charge in [-0.1, -0.05) is 60.7 Å². The quantitative estimate of drug-likeness (QED) is 0.0910. The summed E-state index contributed by atoms with van der Waals surface area (Å²) >= 11 is 0. The summed E-state index contributed by atoms with van der Waals surface area (Å²) in [5, 5.41) is 24.8. The normalized spacial score (nSPS) is 12.1. The van der Waals surface area contributed by atoms with Crippen LogP contribution < -0.4 is 8.37 Å². The van der Waals surface area contributed by atoms with E-state index < -0.39 is 20.2 Å². The van der Waals surface area contributed by atoms with Gasteiger partial charge in [0.05, 0.1) is 22.7 Å². The van der Waals surface area contributed by atoms with Gasteiger partial charge < -0.3 is 8.37 Å². The highest BCUT2D eigenvalue weighted by Crippen LogP contribution is 2.35. The molecular weight excluding hydrogens is 677 g/mol. The van der Waals surface area contributed by atoms with Crippen molar-refractivity contribution < 1.29 is 25.2 Å². The molecule has 0 fully saturated rings. The van der Waals surface area contributed by atoms with Gasteiger partial charge in [-0.2, -0.15) is 37.3 Å². The standard InChI is InChI=1S/C36H26N6O6S2/c43-49(44,31-23-19-29(20-24-31)39-37-27-11-3-1-4-12-27)47-35-17-9-7-15-33(35)41-42-34-16-8-10-18-36(34)48-50(45,46)32-25-21-30(22-26-32)40-38-28-13-5-2-6-14-28/h1-26H/b39-37+,40-38+,42-41+. The summed E-state index contributed by atoms with van der Waals surface area (Å²) in [4.78, 5) is -0.224. The Kier molecular flexibility index (Phi) is 10.2. The monoisotopic (exact) mass is 702 g/mol. The van der Waals surface area contributed by atoms with Crippen LogP contribution in [0.25, 0.3) is 0 Å². The molecule has 0 heterocycles. The molecule has 0 aliphatic heterocycles.